The molecule has 0 spiro atoms. The van der Waals surface area contributed by atoms with Gasteiger partial charge in [0.15, 0.2) is 11.2 Å². The van der Waals surface area contributed by atoms with Crippen LogP contribution in [0.5, 0.6) is 23.0 Å². The van der Waals surface area contributed by atoms with Crippen LogP contribution in [0, 0.1) is 5.92 Å². The average molecular weight is 655 g/mol. The second-order valence-corrected chi connectivity index (χ2v) is 11.6. The van der Waals surface area contributed by atoms with E-state index in [0.717, 1.165) is 0 Å². The van der Waals surface area contributed by atoms with Crippen molar-refractivity contribution < 1.29 is 63.1 Å². The molecule has 1 saturated carbocycles. The van der Waals surface area contributed by atoms with Crippen molar-refractivity contribution in [1.82, 2.24) is 0 Å². The van der Waals surface area contributed by atoms with Crippen LogP contribution < -0.4 is 18.9 Å². The molecule has 3 aliphatic rings. The van der Waals surface area contributed by atoms with Crippen LogP contribution in [-0.4, -0.2) is 98.9 Å². The van der Waals surface area contributed by atoms with Gasteiger partial charge in [0, 0.05) is 25.2 Å². The van der Waals surface area contributed by atoms with Crippen LogP contribution in [-0.2, 0) is 34.9 Å². The summed E-state index contributed by atoms with van der Waals surface area (Å²) < 4.78 is 46.2. The fourth-order valence-corrected chi connectivity index (χ4v) is 7.11. The maximum Gasteiger partial charge on any atom is 0.312 e. The van der Waals surface area contributed by atoms with Crippen LogP contribution in [0.25, 0.3) is 0 Å². The summed E-state index contributed by atoms with van der Waals surface area (Å²) in [5.41, 5.74) is -2.88. The molecule has 252 valence electrons. The number of aliphatic hydroxyl groups is 4. The quantitative estimate of drug-likeness (QED) is 0.233. The van der Waals surface area contributed by atoms with Crippen molar-refractivity contribution >= 4 is 5.97 Å². The number of carbonyl (C=O) groups is 1. The smallest absolute Gasteiger partial charge is 0.312 e. The van der Waals surface area contributed by atoms with Crippen LogP contribution in [0.4, 0.5) is 0 Å². The molecule has 2 fully saturated rings. The lowest BCUT2D eigenvalue weighted by molar-refractivity contribution is -0.324. The minimum absolute atomic E-state index is 0.0474. The average Bonchev–Trinajstić information content (AvgIpc) is 3.49. The standard InChI is InChI=1S/C34H38O13/c1-40-20-12-10-19(11-13-20)34-27(18-8-6-5-7-9-18)26(30(38)42-3)29(37)33(34,39)28-23(41-2)14-21(15-24(28)47-34)45-32-31(43-4)44-17-25(46-32)22(36)16-35/h5-15,22,25-27,29,31-32,35-37,39H,16-17H2,1-4H3/t22-,25-,26-,27-,29-,31-,32+,33+,34+/m1/s1. The minimum Gasteiger partial charge on any atom is -0.497 e. The molecule has 0 unspecified atom stereocenters. The Labute approximate surface area is 271 Å². The summed E-state index contributed by atoms with van der Waals surface area (Å²) in [4.78, 5) is 13.5. The third-order valence-corrected chi connectivity index (χ3v) is 9.25. The van der Waals surface area contributed by atoms with E-state index in [-0.39, 0.29) is 29.4 Å². The van der Waals surface area contributed by atoms with Crippen molar-refractivity contribution in [1.29, 1.82) is 0 Å². The molecule has 6 rings (SSSR count). The highest BCUT2D eigenvalue weighted by Crippen LogP contribution is 2.70. The number of ether oxygens (including phenoxy) is 8. The van der Waals surface area contributed by atoms with Gasteiger partial charge in [0.25, 0.3) is 6.29 Å². The molecular weight excluding hydrogens is 616 g/mol. The first-order chi connectivity index (χ1) is 22.7. The van der Waals surface area contributed by atoms with Crippen LogP contribution in [0.2, 0.25) is 0 Å². The van der Waals surface area contributed by atoms with Gasteiger partial charge in [-0.2, -0.15) is 0 Å². The highest BCUT2D eigenvalue weighted by atomic mass is 16.8. The van der Waals surface area contributed by atoms with Gasteiger partial charge in [-0.15, -0.1) is 0 Å². The molecule has 0 amide bonds. The number of esters is 1. The summed E-state index contributed by atoms with van der Waals surface area (Å²) in [6, 6.07) is 18.8. The fraction of sp³-hybridized carbons (Fsp3) is 0.441. The number of carbonyl (C=O) groups excluding carboxylic acids is 1. The molecule has 1 saturated heterocycles. The molecule has 9 atom stereocenters. The van der Waals surface area contributed by atoms with Crippen LogP contribution in [0.3, 0.4) is 0 Å². The van der Waals surface area contributed by atoms with E-state index < -0.39 is 66.5 Å². The van der Waals surface area contributed by atoms with Gasteiger partial charge >= 0.3 is 5.97 Å². The Kier molecular flexibility index (Phi) is 9.06. The fourth-order valence-electron chi connectivity index (χ4n) is 7.11. The summed E-state index contributed by atoms with van der Waals surface area (Å²) in [5.74, 6) is -2.05. The molecule has 3 aromatic carbocycles. The van der Waals surface area contributed by atoms with Crippen molar-refractivity contribution in [3.8, 4) is 23.0 Å². The third kappa shape index (κ3) is 5.10. The van der Waals surface area contributed by atoms with E-state index in [0.29, 0.717) is 16.9 Å². The van der Waals surface area contributed by atoms with Crippen molar-refractivity contribution in [3.05, 3.63) is 83.4 Å². The van der Waals surface area contributed by atoms with E-state index >= 15 is 0 Å². The first-order valence-corrected chi connectivity index (χ1v) is 15.0. The zero-order valence-corrected chi connectivity index (χ0v) is 26.3. The highest BCUT2D eigenvalue weighted by Gasteiger charge is 2.78. The molecular formula is C34H38O13. The van der Waals surface area contributed by atoms with Gasteiger partial charge in [-0.1, -0.05) is 42.5 Å². The van der Waals surface area contributed by atoms with Gasteiger partial charge in [0.05, 0.1) is 46.0 Å². The van der Waals surface area contributed by atoms with E-state index in [1.165, 1.54) is 40.6 Å². The predicted molar refractivity (Wildman–Crippen MR) is 162 cm³/mol. The summed E-state index contributed by atoms with van der Waals surface area (Å²) in [6.45, 7) is -0.601. The van der Waals surface area contributed by atoms with Crippen LogP contribution >= 0.6 is 0 Å². The highest BCUT2D eigenvalue weighted by molar-refractivity contribution is 5.78. The van der Waals surface area contributed by atoms with E-state index in [1.807, 2.05) is 6.07 Å². The summed E-state index contributed by atoms with van der Waals surface area (Å²) >= 11 is 0. The molecule has 3 aromatic rings. The number of rotatable bonds is 10. The normalized spacial score (nSPS) is 31.7. The van der Waals surface area contributed by atoms with Gasteiger partial charge < -0.3 is 58.3 Å². The number of hydrogen-bond acceptors (Lipinski definition) is 13. The summed E-state index contributed by atoms with van der Waals surface area (Å²) in [7, 11) is 5.54. The van der Waals surface area contributed by atoms with Crippen molar-refractivity contribution in [2.75, 3.05) is 41.7 Å². The molecule has 4 N–H and O–H groups in total. The van der Waals surface area contributed by atoms with E-state index in [2.05, 4.69) is 0 Å². The lowest BCUT2D eigenvalue weighted by atomic mass is 9.70. The van der Waals surface area contributed by atoms with Gasteiger partial charge in [-0.3, -0.25) is 4.79 Å². The van der Waals surface area contributed by atoms with Gasteiger partial charge in [0.1, 0.15) is 41.3 Å². The topological polar surface area (TPSA) is 172 Å². The Morgan fingerprint density at radius 2 is 1.70 bits per heavy atom. The maximum atomic E-state index is 13.5. The zero-order valence-electron chi connectivity index (χ0n) is 26.3. The van der Waals surface area contributed by atoms with Crippen molar-refractivity contribution in [3.63, 3.8) is 0 Å². The second kappa shape index (κ2) is 12.9. The van der Waals surface area contributed by atoms with Gasteiger partial charge in [-0.25, -0.2) is 0 Å². The molecule has 0 aromatic heterocycles. The minimum atomic E-state index is -2.25. The molecule has 2 heterocycles. The van der Waals surface area contributed by atoms with E-state index in [4.69, 9.17) is 37.9 Å². The number of benzene rings is 3. The van der Waals surface area contributed by atoms with Crippen LogP contribution in [0.15, 0.2) is 66.7 Å². The van der Waals surface area contributed by atoms with E-state index in [9.17, 15) is 25.2 Å². The lowest BCUT2D eigenvalue weighted by Gasteiger charge is -2.40. The van der Waals surface area contributed by atoms with Crippen molar-refractivity contribution in [2.24, 2.45) is 5.92 Å². The first-order valence-electron chi connectivity index (χ1n) is 15.0. The Morgan fingerprint density at radius 3 is 2.32 bits per heavy atom. The predicted octanol–water partition coefficient (Wildman–Crippen LogP) is 1.57. The van der Waals surface area contributed by atoms with Crippen molar-refractivity contribution in [2.45, 2.75) is 48.0 Å². The second-order valence-electron chi connectivity index (χ2n) is 11.6. The van der Waals surface area contributed by atoms with E-state index in [1.54, 1.807) is 48.5 Å². The molecule has 47 heavy (non-hydrogen) atoms. The molecule has 13 nitrogen and oxygen atoms in total. The Balaban J connectivity index is 1.52. The maximum absolute atomic E-state index is 13.5. The Morgan fingerprint density at radius 1 is 0.979 bits per heavy atom. The Bertz CT molecular complexity index is 1570. The number of fused-ring (bicyclic) bond motifs is 3. The molecule has 0 bridgehead atoms. The number of methoxy groups -OCH3 is 4. The monoisotopic (exact) mass is 654 g/mol. The van der Waals surface area contributed by atoms with Gasteiger partial charge in [0.2, 0.25) is 6.29 Å². The zero-order chi connectivity index (χ0) is 33.5. The first kappa shape index (κ1) is 33.0. The molecule has 0 radical (unpaired) electrons. The number of aliphatic hydroxyl groups excluding tert-OH is 3. The molecule has 2 aliphatic heterocycles. The lowest BCUT2D eigenvalue weighted by Crippen LogP contribution is -2.52. The summed E-state index contributed by atoms with van der Waals surface area (Å²) in [5, 5.41) is 44.7. The Hall–Kier alpha value is -3.95. The largest absolute Gasteiger partial charge is 0.497 e. The molecule has 1 aliphatic carbocycles. The molecule has 13 heteroatoms. The third-order valence-electron chi connectivity index (χ3n) is 9.25. The van der Waals surface area contributed by atoms with Gasteiger partial charge in [-0.05, 0) is 23.3 Å². The SMILES string of the molecule is COC(=O)[C@H]1[C@@H](O)[C@@]2(O)c3c(OC)cc(O[C@H]4O[C@@H]([C@H](O)CO)CO[C@H]4OC)cc3O[C@@]2(c2ccc(OC)cc2)[C@@H]1c1ccccc1. The number of hydrogen-bond donors (Lipinski definition) is 4. The van der Waals surface area contributed by atoms with Crippen LogP contribution in [0.1, 0.15) is 22.6 Å². The summed E-state index contributed by atoms with van der Waals surface area (Å²) in [6.07, 6.45) is -6.03.